The first kappa shape index (κ1) is 13.1. The number of nitrogens with two attached hydrogens (primary N) is 1. The zero-order valence-corrected chi connectivity index (χ0v) is 10.5. The number of pyridine rings is 1. The quantitative estimate of drug-likeness (QED) is 0.758. The van der Waals surface area contributed by atoms with Gasteiger partial charge in [0.25, 0.3) is 0 Å². The van der Waals surface area contributed by atoms with E-state index in [1.807, 2.05) is 4.90 Å². The van der Waals surface area contributed by atoms with Crippen LogP contribution in [0.1, 0.15) is 10.4 Å². The van der Waals surface area contributed by atoms with E-state index in [0.717, 1.165) is 0 Å². The lowest BCUT2D eigenvalue weighted by Crippen LogP contribution is -2.42. The monoisotopic (exact) mass is 262 g/mol. The number of nitrogens with zero attached hydrogens (tertiary/aromatic N) is 3. The van der Waals surface area contributed by atoms with Crippen LogP contribution in [0.25, 0.3) is 0 Å². The molecule has 2 heterocycles. The number of aromatic nitrogens is 1. The zero-order valence-electron chi connectivity index (χ0n) is 10.5. The Bertz CT molecular complexity index is 526. The number of nitriles is 1. The number of morpholine rings is 1. The van der Waals surface area contributed by atoms with Gasteiger partial charge in [-0.3, -0.25) is 0 Å². The Morgan fingerprint density at radius 1 is 1.74 bits per heavy atom. The molecule has 1 atom stereocenters. The molecule has 1 aliphatic heterocycles. The first-order valence-electron chi connectivity index (χ1n) is 5.75. The largest absolute Gasteiger partial charge is 0.465 e. The fourth-order valence-corrected chi connectivity index (χ4v) is 1.85. The Balaban J connectivity index is 2.25. The van der Waals surface area contributed by atoms with Crippen LogP contribution >= 0.6 is 0 Å². The first-order chi connectivity index (χ1) is 9.15. The van der Waals surface area contributed by atoms with Gasteiger partial charge in [-0.15, -0.1) is 0 Å². The number of hydrogen-bond acceptors (Lipinski definition) is 7. The lowest BCUT2D eigenvalue weighted by atomic mass is 10.2. The third-order valence-corrected chi connectivity index (χ3v) is 2.86. The molecule has 0 aliphatic carbocycles. The van der Waals surface area contributed by atoms with Crippen LogP contribution in [-0.4, -0.2) is 43.9 Å². The van der Waals surface area contributed by atoms with Crippen molar-refractivity contribution in [2.75, 3.05) is 37.4 Å². The Morgan fingerprint density at radius 3 is 3.21 bits per heavy atom. The molecule has 100 valence electrons. The maximum atomic E-state index is 11.6. The molecular weight excluding hydrogens is 248 g/mol. The molecule has 2 N–H and O–H groups in total. The second-order valence-electron chi connectivity index (χ2n) is 4.06. The molecular formula is C12H14N4O3. The SMILES string of the molecule is COC(=O)c1cc(N2CCOC(C#N)C2)ncc1N. The highest BCUT2D eigenvalue weighted by molar-refractivity contribution is 5.95. The number of carbonyl (C=O) groups is 1. The van der Waals surface area contributed by atoms with Crippen LogP contribution in [0.4, 0.5) is 11.5 Å². The molecule has 0 saturated carbocycles. The minimum atomic E-state index is -0.508. The van der Waals surface area contributed by atoms with Gasteiger partial charge in [0.05, 0.1) is 43.8 Å². The summed E-state index contributed by atoms with van der Waals surface area (Å²) in [6.07, 6.45) is 0.924. The molecule has 1 aliphatic rings. The van der Waals surface area contributed by atoms with E-state index in [9.17, 15) is 4.79 Å². The van der Waals surface area contributed by atoms with Gasteiger partial charge in [-0.1, -0.05) is 0 Å². The standard InChI is InChI=1S/C12H14N4O3/c1-18-12(17)9-4-11(15-6-10(9)14)16-2-3-19-8(5-13)7-16/h4,6,8H,2-3,7,14H2,1H3. The van der Waals surface area contributed by atoms with Gasteiger partial charge >= 0.3 is 5.97 Å². The second kappa shape index (κ2) is 5.54. The average Bonchev–Trinajstić information content (AvgIpc) is 2.47. The summed E-state index contributed by atoms with van der Waals surface area (Å²) in [6.45, 7) is 1.46. The molecule has 0 radical (unpaired) electrons. The van der Waals surface area contributed by atoms with E-state index in [1.54, 1.807) is 6.07 Å². The van der Waals surface area contributed by atoms with Crippen LogP contribution in [0.15, 0.2) is 12.3 Å². The van der Waals surface area contributed by atoms with Crippen LogP contribution in [-0.2, 0) is 9.47 Å². The van der Waals surface area contributed by atoms with Crippen LogP contribution in [0, 0.1) is 11.3 Å². The Kier molecular flexibility index (Phi) is 3.82. The second-order valence-corrected chi connectivity index (χ2v) is 4.06. The van der Waals surface area contributed by atoms with Crippen molar-refractivity contribution in [1.29, 1.82) is 5.26 Å². The van der Waals surface area contributed by atoms with E-state index in [2.05, 4.69) is 15.8 Å². The van der Waals surface area contributed by atoms with Gasteiger partial charge in [0.1, 0.15) is 5.82 Å². The first-order valence-corrected chi connectivity index (χ1v) is 5.75. The molecule has 1 aromatic heterocycles. The Hall–Kier alpha value is -2.33. The molecule has 0 spiro atoms. The molecule has 0 aromatic carbocycles. The summed E-state index contributed by atoms with van der Waals surface area (Å²) < 4.78 is 9.91. The molecule has 2 rings (SSSR count). The van der Waals surface area contributed by atoms with Crippen LogP contribution < -0.4 is 10.6 Å². The van der Waals surface area contributed by atoms with Crippen molar-refractivity contribution in [3.05, 3.63) is 17.8 Å². The highest BCUT2D eigenvalue weighted by atomic mass is 16.5. The molecule has 0 bridgehead atoms. The Labute approximate surface area is 110 Å². The van der Waals surface area contributed by atoms with E-state index >= 15 is 0 Å². The van der Waals surface area contributed by atoms with Crippen molar-refractivity contribution in [3.8, 4) is 6.07 Å². The van der Waals surface area contributed by atoms with Gasteiger partial charge in [-0.25, -0.2) is 9.78 Å². The van der Waals surface area contributed by atoms with Gasteiger partial charge in [0, 0.05) is 6.54 Å². The molecule has 19 heavy (non-hydrogen) atoms. The minimum Gasteiger partial charge on any atom is -0.465 e. The minimum absolute atomic E-state index is 0.265. The summed E-state index contributed by atoms with van der Waals surface area (Å²) in [6, 6.07) is 3.63. The summed E-state index contributed by atoms with van der Waals surface area (Å²) in [5.74, 6) is 0.0735. The lowest BCUT2D eigenvalue weighted by Gasteiger charge is -2.30. The maximum Gasteiger partial charge on any atom is 0.340 e. The predicted molar refractivity (Wildman–Crippen MR) is 67.6 cm³/mol. The van der Waals surface area contributed by atoms with Crippen molar-refractivity contribution in [2.45, 2.75) is 6.10 Å². The van der Waals surface area contributed by atoms with Crippen molar-refractivity contribution >= 4 is 17.5 Å². The number of methoxy groups -OCH3 is 1. The van der Waals surface area contributed by atoms with Crippen molar-refractivity contribution < 1.29 is 14.3 Å². The topological polar surface area (TPSA) is 101 Å². The maximum absolute atomic E-state index is 11.6. The fourth-order valence-electron chi connectivity index (χ4n) is 1.85. The summed E-state index contributed by atoms with van der Waals surface area (Å²) >= 11 is 0. The molecule has 7 heteroatoms. The molecule has 7 nitrogen and oxygen atoms in total. The summed E-state index contributed by atoms with van der Waals surface area (Å²) in [5.41, 5.74) is 6.23. The number of esters is 1. The third kappa shape index (κ3) is 2.74. The van der Waals surface area contributed by atoms with E-state index in [4.69, 9.17) is 15.7 Å². The summed E-state index contributed by atoms with van der Waals surface area (Å²) in [7, 11) is 1.29. The average molecular weight is 262 g/mol. The van der Waals surface area contributed by atoms with Crippen LogP contribution in [0.3, 0.4) is 0 Å². The van der Waals surface area contributed by atoms with E-state index in [0.29, 0.717) is 25.5 Å². The lowest BCUT2D eigenvalue weighted by molar-refractivity contribution is 0.0602. The van der Waals surface area contributed by atoms with Crippen LogP contribution in [0.2, 0.25) is 0 Å². The molecule has 1 unspecified atom stereocenters. The van der Waals surface area contributed by atoms with Crippen molar-refractivity contribution in [2.24, 2.45) is 0 Å². The Morgan fingerprint density at radius 2 is 2.53 bits per heavy atom. The normalized spacial score (nSPS) is 18.7. The van der Waals surface area contributed by atoms with E-state index < -0.39 is 12.1 Å². The van der Waals surface area contributed by atoms with Crippen LogP contribution in [0.5, 0.6) is 0 Å². The van der Waals surface area contributed by atoms with Crippen molar-refractivity contribution in [1.82, 2.24) is 4.98 Å². The number of carbonyl (C=O) groups excluding carboxylic acids is 1. The number of anilines is 2. The van der Waals surface area contributed by atoms with Gasteiger partial charge in [0.2, 0.25) is 0 Å². The number of ether oxygens (including phenoxy) is 2. The summed E-state index contributed by atoms with van der Waals surface area (Å²) in [4.78, 5) is 17.6. The van der Waals surface area contributed by atoms with E-state index in [1.165, 1.54) is 13.3 Å². The molecule has 0 amide bonds. The smallest absolute Gasteiger partial charge is 0.340 e. The highest BCUT2D eigenvalue weighted by Gasteiger charge is 2.22. The number of rotatable bonds is 2. The molecule has 1 aromatic rings. The van der Waals surface area contributed by atoms with Gasteiger partial charge in [-0.05, 0) is 6.07 Å². The predicted octanol–water partition coefficient (Wildman–Crippen LogP) is 0.179. The van der Waals surface area contributed by atoms with E-state index in [-0.39, 0.29) is 11.3 Å². The van der Waals surface area contributed by atoms with Gasteiger partial charge in [0.15, 0.2) is 6.10 Å². The zero-order chi connectivity index (χ0) is 13.8. The summed E-state index contributed by atoms with van der Waals surface area (Å²) in [5, 5.41) is 8.86. The highest BCUT2D eigenvalue weighted by Crippen LogP contribution is 2.20. The number of hydrogen-bond donors (Lipinski definition) is 1. The third-order valence-electron chi connectivity index (χ3n) is 2.86. The fraction of sp³-hybridized carbons (Fsp3) is 0.417. The molecule has 1 saturated heterocycles. The number of nitrogen functional groups attached to an aromatic ring is 1. The van der Waals surface area contributed by atoms with Crippen molar-refractivity contribution in [3.63, 3.8) is 0 Å². The van der Waals surface area contributed by atoms with Gasteiger partial charge in [-0.2, -0.15) is 5.26 Å². The molecule has 1 fully saturated rings. The van der Waals surface area contributed by atoms with Gasteiger partial charge < -0.3 is 20.1 Å².